The van der Waals surface area contributed by atoms with Gasteiger partial charge in [-0.25, -0.2) is 4.98 Å². The average Bonchev–Trinajstić information content (AvgIpc) is 2.65. The summed E-state index contributed by atoms with van der Waals surface area (Å²) in [4.78, 5) is 17.1. The number of hydrogen-bond acceptors (Lipinski definition) is 4. The molecule has 5 heteroatoms. The van der Waals surface area contributed by atoms with Crippen molar-refractivity contribution in [3.05, 3.63) is 38.8 Å². The predicted molar refractivity (Wildman–Crippen MR) is 79.9 cm³/mol. The topological polar surface area (TPSA) is 68.0 Å². The third-order valence-electron chi connectivity index (χ3n) is 2.97. The molecule has 1 amide bonds. The summed E-state index contributed by atoms with van der Waals surface area (Å²) in [6.45, 7) is 7.63. The highest BCUT2D eigenvalue weighted by Crippen LogP contribution is 2.24. The second-order valence-corrected chi connectivity index (χ2v) is 5.83. The number of benzene rings is 1. The van der Waals surface area contributed by atoms with Crippen LogP contribution in [0.15, 0.2) is 12.1 Å². The average molecular weight is 275 g/mol. The number of anilines is 2. The van der Waals surface area contributed by atoms with Crippen LogP contribution in [0.25, 0.3) is 0 Å². The molecular weight excluding hydrogens is 258 g/mol. The van der Waals surface area contributed by atoms with Gasteiger partial charge in [-0.3, -0.25) is 4.79 Å². The number of aryl methyl sites for hydroxylation is 4. The van der Waals surface area contributed by atoms with Gasteiger partial charge in [0.15, 0.2) is 0 Å². The van der Waals surface area contributed by atoms with Crippen LogP contribution in [-0.4, -0.2) is 10.9 Å². The maximum Gasteiger partial charge on any atom is 0.267 e. The molecule has 0 radical (unpaired) electrons. The van der Waals surface area contributed by atoms with Crippen molar-refractivity contribution in [1.29, 1.82) is 0 Å². The molecule has 0 atom stereocenters. The monoisotopic (exact) mass is 275 g/mol. The van der Waals surface area contributed by atoms with Crippen molar-refractivity contribution in [3.8, 4) is 0 Å². The van der Waals surface area contributed by atoms with E-state index in [4.69, 9.17) is 5.73 Å². The van der Waals surface area contributed by atoms with E-state index in [1.165, 1.54) is 11.3 Å². The Labute approximate surface area is 116 Å². The largest absolute Gasteiger partial charge is 0.398 e. The maximum absolute atomic E-state index is 12.2. The molecule has 1 aromatic heterocycles. The Morgan fingerprint density at radius 1 is 1.21 bits per heavy atom. The standard InChI is InChI=1S/C14H17N3OS/c1-7-5-8(2)12(6-11(7)15)17-14(18)13-9(3)16-10(4)19-13/h5-6H,15H2,1-4H3,(H,17,18). The zero-order valence-electron chi connectivity index (χ0n) is 11.5. The van der Waals surface area contributed by atoms with Crippen LogP contribution >= 0.6 is 11.3 Å². The summed E-state index contributed by atoms with van der Waals surface area (Å²) in [6, 6.07) is 3.77. The minimum atomic E-state index is -0.130. The molecule has 0 aliphatic heterocycles. The number of carbonyl (C=O) groups is 1. The fourth-order valence-corrected chi connectivity index (χ4v) is 2.74. The SMILES string of the molecule is Cc1nc(C)c(C(=O)Nc2cc(N)c(C)cc2C)s1. The molecule has 3 N–H and O–H groups in total. The molecule has 1 aromatic carbocycles. The van der Waals surface area contributed by atoms with Crippen LogP contribution in [0.1, 0.15) is 31.5 Å². The second kappa shape index (κ2) is 5.01. The molecule has 0 aliphatic carbocycles. The van der Waals surface area contributed by atoms with Gasteiger partial charge >= 0.3 is 0 Å². The molecule has 0 fully saturated rings. The Kier molecular flexibility index (Phi) is 3.57. The van der Waals surface area contributed by atoms with E-state index in [1.54, 1.807) is 6.07 Å². The number of thiazole rings is 1. The number of nitrogens with two attached hydrogens (primary N) is 1. The lowest BCUT2D eigenvalue weighted by molar-refractivity contribution is 0.102. The van der Waals surface area contributed by atoms with Gasteiger partial charge in [-0.2, -0.15) is 0 Å². The molecule has 2 aromatic rings. The van der Waals surface area contributed by atoms with Crippen molar-refractivity contribution < 1.29 is 4.79 Å². The minimum absolute atomic E-state index is 0.130. The summed E-state index contributed by atoms with van der Waals surface area (Å²) in [5, 5.41) is 3.79. The van der Waals surface area contributed by atoms with Gasteiger partial charge in [0, 0.05) is 11.4 Å². The van der Waals surface area contributed by atoms with Gasteiger partial charge in [-0.15, -0.1) is 11.3 Å². The number of aromatic nitrogens is 1. The lowest BCUT2D eigenvalue weighted by atomic mass is 10.1. The number of hydrogen-bond donors (Lipinski definition) is 2. The molecule has 0 unspecified atom stereocenters. The Hall–Kier alpha value is -1.88. The molecular formula is C14H17N3OS. The molecule has 0 spiro atoms. The highest BCUT2D eigenvalue weighted by molar-refractivity contribution is 7.13. The maximum atomic E-state index is 12.2. The van der Waals surface area contributed by atoms with Crippen LogP contribution in [0.4, 0.5) is 11.4 Å². The predicted octanol–water partition coefficient (Wildman–Crippen LogP) is 3.21. The highest BCUT2D eigenvalue weighted by Gasteiger charge is 2.15. The van der Waals surface area contributed by atoms with E-state index in [-0.39, 0.29) is 5.91 Å². The highest BCUT2D eigenvalue weighted by atomic mass is 32.1. The lowest BCUT2D eigenvalue weighted by Crippen LogP contribution is -2.13. The molecule has 19 heavy (non-hydrogen) atoms. The first-order chi connectivity index (χ1) is 8.88. The number of nitrogens with zero attached hydrogens (tertiary/aromatic N) is 1. The van der Waals surface area contributed by atoms with Crippen molar-refractivity contribution in [1.82, 2.24) is 4.98 Å². The van der Waals surface area contributed by atoms with Gasteiger partial charge in [0.05, 0.1) is 10.7 Å². The van der Waals surface area contributed by atoms with Crippen LogP contribution < -0.4 is 11.1 Å². The van der Waals surface area contributed by atoms with Crippen molar-refractivity contribution >= 4 is 28.6 Å². The Bertz CT molecular complexity index is 646. The Morgan fingerprint density at radius 2 is 1.89 bits per heavy atom. The van der Waals surface area contributed by atoms with E-state index in [2.05, 4.69) is 10.3 Å². The number of amides is 1. The van der Waals surface area contributed by atoms with Crippen molar-refractivity contribution in [2.45, 2.75) is 27.7 Å². The van der Waals surface area contributed by atoms with Gasteiger partial charge < -0.3 is 11.1 Å². The van der Waals surface area contributed by atoms with Crippen LogP contribution in [0.2, 0.25) is 0 Å². The van der Waals surface area contributed by atoms with E-state index >= 15 is 0 Å². The Balaban J connectivity index is 2.29. The minimum Gasteiger partial charge on any atom is -0.398 e. The van der Waals surface area contributed by atoms with E-state index in [9.17, 15) is 4.79 Å². The third-order valence-corrected chi connectivity index (χ3v) is 4.04. The van der Waals surface area contributed by atoms with E-state index in [0.29, 0.717) is 10.6 Å². The third kappa shape index (κ3) is 2.76. The first kappa shape index (κ1) is 13.5. The quantitative estimate of drug-likeness (QED) is 0.827. The van der Waals surface area contributed by atoms with Crippen LogP contribution in [0.5, 0.6) is 0 Å². The van der Waals surface area contributed by atoms with E-state index < -0.39 is 0 Å². The van der Waals surface area contributed by atoms with Gasteiger partial charge in [0.1, 0.15) is 4.88 Å². The summed E-state index contributed by atoms with van der Waals surface area (Å²) < 4.78 is 0. The van der Waals surface area contributed by atoms with Gasteiger partial charge in [-0.05, 0) is 44.9 Å². The van der Waals surface area contributed by atoms with Crippen molar-refractivity contribution in [2.75, 3.05) is 11.1 Å². The summed E-state index contributed by atoms with van der Waals surface area (Å²) in [5.74, 6) is -0.130. The lowest BCUT2D eigenvalue weighted by Gasteiger charge is -2.10. The van der Waals surface area contributed by atoms with Crippen molar-refractivity contribution in [2.24, 2.45) is 0 Å². The zero-order valence-corrected chi connectivity index (χ0v) is 12.3. The molecule has 0 bridgehead atoms. The molecule has 0 saturated heterocycles. The summed E-state index contributed by atoms with van der Waals surface area (Å²) in [7, 11) is 0. The van der Waals surface area contributed by atoms with Gasteiger partial charge in [0.25, 0.3) is 5.91 Å². The first-order valence-electron chi connectivity index (χ1n) is 6.00. The van der Waals surface area contributed by atoms with E-state index in [0.717, 1.165) is 27.5 Å². The fraction of sp³-hybridized carbons (Fsp3) is 0.286. The van der Waals surface area contributed by atoms with Crippen LogP contribution in [0, 0.1) is 27.7 Å². The number of nitrogen functional groups attached to an aromatic ring is 1. The van der Waals surface area contributed by atoms with Crippen LogP contribution in [0.3, 0.4) is 0 Å². The molecule has 2 rings (SSSR count). The molecule has 4 nitrogen and oxygen atoms in total. The zero-order chi connectivity index (χ0) is 14.2. The smallest absolute Gasteiger partial charge is 0.267 e. The second-order valence-electron chi connectivity index (χ2n) is 4.63. The first-order valence-corrected chi connectivity index (χ1v) is 6.82. The normalized spacial score (nSPS) is 10.5. The van der Waals surface area contributed by atoms with Crippen LogP contribution in [-0.2, 0) is 0 Å². The Morgan fingerprint density at radius 3 is 2.47 bits per heavy atom. The summed E-state index contributed by atoms with van der Waals surface area (Å²) in [5.41, 5.74) is 10.1. The molecule has 100 valence electrons. The van der Waals surface area contributed by atoms with E-state index in [1.807, 2.05) is 33.8 Å². The van der Waals surface area contributed by atoms with Gasteiger partial charge in [-0.1, -0.05) is 6.07 Å². The fourth-order valence-electron chi connectivity index (χ4n) is 1.92. The number of rotatable bonds is 2. The number of carbonyl (C=O) groups excluding carboxylic acids is 1. The van der Waals surface area contributed by atoms with Gasteiger partial charge in [0.2, 0.25) is 0 Å². The number of nitrogens with one attached hydrogen (secondary N) is 1. The molecule has 0 saturated carbocycles. The summed E-state index contributed by atoms with van der Waals surface area (Å²) in [6.07, 6.45) is 0. The molecule has 0 aliphatic rings. The summed E-state index contributed by atoms with van der Waals surface area (Å²) >= 11 is 1.40. The van der Waals surface area contributed by atoms with Crippen molar-refractivity contribution in [3.63, 3.8) is 0 Å². The molecule has 1 heterocycles.